The summed E-state index contributed by atoms with van der Waals surface area (Å²) < 4.78 is 29.7. The molecule has 0 saturated heterocycles. The van der Waals surface area contributed by atoms with Crippen molar-refractivity contribution in [3.8, 4) is 0 Å². The molecule has 0 fully saturated rings. The number of hydrogen-bond donors (Lipinski definition) is 1. The van der Waals surface area contributed by atoms with Gasteiger partial charge in [0, 0.05) is 19.0 Å². The third-order valence-electron chi connectivity index (χ3n) is 8.20. The molecule has 8 heteroatoms. The number of nitrogens with zero attached hydrogens (tertiary/aromatic N) is 2. The highest BCUT2D eigenvalue weighted by molar-refractivity contribution is 7.92. The maximum Gasteiger partial charge on any atom is 0.264 e. The van der Waals surface area contributed by atoms with E-state index in [2.05, 4.69) is 5.32 Å². The highest BCUT2D eigenvalue weighted by Gasteiger charge is 2.35. The van der Waals surface area contributed by atoms with Gasteiger partial charge in [0.1, 0.15) is 12.6 Å². The van der Waals surface area contributed by atoms with Crippen molar-refractivity contribution in [2.45, 2.75) is 71.0 Å². The van der Waals surface area contributed by atoms with Crippen LogP contribution in [0.2, 0.25) is 0 Å². The average molecular weight is 626 g/mol. The fraction of sp³-hybridized carbons (Fsp3) is 0.297. The summed E-state index contributed by atoms with van der Waals surface area (Å²) in [7, 11) is -4.15. The Balaban J connectivity index is 1.82. The van der Waals surface area contributed by atoms with E-state index in [0.717, 1.165) is 34.2 Å². The largest absolute Gasteiger partial charge is 0.352 e. The van der Waals surface area contributed by atoms with Crippen molar-refractivity contribution < 1.29 is 18.0 Å². The lowest BCUT2D eigenvalue weighted by molar-refractivity contribution is -0.140. The van der Waals surface area contributed by atoms with E-state index in [4.69, 9.17) is 0 Å². The lowest BCUT2D eigenvalue weighted by atomic mass is 10.0. The Morgan fingerprint density at radius 2 is 1.38 bits per heavy atom. The molecular weight excluding hydrogens is 582 g/mol. The molecule has 0 aliphatic carbocycles. The summed E-state index contributed by atoms with van der Waals surface area (Å²) in [5, 5.41) is 3.07. The number of carbonyl (C=O) groups is 2. The molecule has 0 bridgehead atoms. The van der Waals surface area contributed by atoms with Crippen LogP contribution in [0, 0.1) is 20.8 Å². The van der Waals surface area contributed by atoms with Crippen molar-refractivity contribution in [3.63, 3.8) is 0 Å². The first kappa shape index (κ1) is 33.5. The highest BCUT2D eigenvalue weighted by atomic mass is 32.2. The maximum atomic E-state index is 14.6. The number of hydrogen-bond acceptors (Lipinski definition) is 4. The van der Waals surface area contributed by atoms with Crippen LogP contribution >= 0.6 is 0 Å². The molecule has 0 aliphatic rings. The van der Waals surface area contributed by atoms with Gasteiger partial charge < -0.3 is 10.2 Å². The molecule has 1 N–H and O–H groups in total. The minimum absolute atomic E-state index is 0.0896. The fourth-order valence-electron chi connectivity index (χ4n) is 5.13. The predicted octanol–water partition coefficient (Wildman–Crippen LogP) is 6.36. The summed E-state index contributed by atoms with van der Waals surface area (Å²) in [4.78, 5) is 30.1. The second-order valence-electron chi connectivity index (χ2n) is 11.6. The molecule has 0 radical (unpaired) electrons. The number of rotatable bonds is 13. The van der Waals surface area contributed by atoms with Crippen LogP contribution in [0.3, 0.4) is 0 Å². The number of benzene rings is 4. The van der Waals surface area contributed by atoms with Gasteiger partial charge in [-0.05, 0) is 74.6 Å². The number of carbonyl (C=O) groups excluding carboxylic acids is 2. The number of amides is 2. The lowest BCUT2D eigenvalue weighted by Crippen LogP contribution is -2.54. The van der Waals surface area contributed by atoms with Gasteiger partial charge in [0.05, 0.1) is 10.6 Å². The first-order chi connectivity index (χ1) is 21.5. The minimum atomic E-state index is -4.15. The SMILES string of the molecule is CC[C@H](C)NC(=O)[C@@H](Cc1ccccc1)N(Cc1ccccc1)C(=O)CN(c1cccc(C)c1C)S(=O)(=O)c1ccc(C)cc1. The molecule has 4 aromatic carbocycles. The molecule has 0 spiro atoms. The van der Waals surface area contributed by atoms with Crippen LogP contribution in [0.4, 0.5) is 5.69 Å². The summed E-state index contributed by atoms with van der Waals surface area (Å²) in [5.74, 6) is -0.757. The number of sulfonamides is 1. The third-order valence-corrected chi connectivity index (χ3v) is 9.97. The zero-order chi connectivity index (χ0) is 32.6. The van der Waals surface area contributed by atoms with Gasteiger partial charge in [-0.1, -0.05) is 97.4 Å². The van der Waals surface area contributed by atoms with E-state index in [1.807, 2.05) is 101 Å². The Labute approximate surface area is 268 Å². The second kappa shape index (κ2) is 15.0. The van der Waals surface area contributed by atoms with Gasteiger partial charge in [-0.3, -0.25) is 13.9 Å². The van der Waals surface area contributed by atoms with Crippen molar-refractivity contribution in [2.75, 3.05) is 10.8 Å². The lowest BCUT2D eigenvalue weighted by Gasteiger charge is -2.34. The van der Waals surface area contributed by atoms with Gasteiger partial charge in [0.2, 0.25) is 11.8 Å². The van der Waals surface area contributed by atoms with Crippen LogP contribution in [0.25, 0.3) is 0 Å². The van der Waals surface area contributed by atoms with Gasteiger partial charge >= 0.3 is 0 Å². The van der Waals surface area contributed by atoms with E-state index in [-0.39, 0.29) is 29.8 Å². The van der Waals surface area contributed by atoms with Crippen molar-refractivity contribution >= 4 is 27.5 Å². The molecular formula is C37H43N3O4S. The zero-order valence-electron chi connectivity index (χ0n) is 26.7. The summed E-state index contributed by atoms with van der Waals surface area (Å²) in [6.45, 7) is 9.23. The molecule has 7 nitrogen and oxygen atoms in total. The molecule has 0 aromatic heterocycles. The topological polar surface area (TPSA) is 86.8 Å². The Morgan fingerprint density at radius 1 is 0.778 bits per heavy atom. The van der Waals surface area contributed by atoms with Crippen LogP contribution in [0.15, 0.2) is 108 Å². The molecule has 4 rings (SSSR count). The Bertz CT molecular complexity index is 1690. The van der Waals surface area contributed by atoms with Crippen molar-refractivity contribution in [3.05, 3.63) is 131 Å². The monoisotopic (exact) mass is 625 g/mol. The molecule has 45 heavy (non-hydrogen) atoms. The molecule has 0 aliphatic heterocycles. The standard InChI is InChI=1S/C37H43N3O4S/c1-6-29(4)38-37(42)35(24-31-15-9-7-10-16-31)39(25-32-17-11-8-12-18-32)36(41)26-40(34-19-13-14-28(3)30(34)5)45(43,44)33-22-20-27(2)21-23-33/h7-23,29,35H,6,24-26H2,1-5H3,(H,38,42)/t29-,35+/m0/s1. The van der Waals surface area contributed by atoms with Crippen molar-refractivity contribution in [1.82, 2.24) is 10.2 Å². The van der Waals surface area contributed by atoms with Crippen LogP contribution in [-0.2, 0) is 32.6 Å². The molecule has 236 valence electrons. The van der Waals surface area contributed by atoms with Gasteiger partial charge in [0.25, 0.3) is 10.0 Å². The summed E-state index contributed by atoms with van der Waals surface area (Å²) in [6, 6.07) is 30.1. The normalized spacial score (nSPS) is 12.6. The van der Waals surface area contributed by atoms with E-state index in [1.165, 1.54) is 9.21 Å². The number of nitrogens with one attached hydrogen (secondary N) is 1. The minimum Gasteiger partial charge on any atom is -0.352 e. The third kappa shape index (κ3) is 8.39. The summed E-state index contributed by atoms with van der Waals surface area (Å²) in [6.07, 6.45) is 1.00. The van der Waals surface area contributed by atoms with E-state index >= 15 is 0 Å². The van der Waals surface area contributed by atoms with Gasteiger partial charge in [0.15, 0.2) is 0 Å². The number of anilines is 1. The van der Waals surface area contributed by atoms with Gasteiger partial charge in [-0.25, -0.2) is 8.42 Å². The molecule has 0 unspecified atom stereocenters. The quantitative estimate of drug-likeness (QED) is 0.187. The molecule has 0 saturated carbocycles. The van der Waals surface area contributed by atoms with E-state index in [9.17, 15) is 18.0 Å². The van der Waals surface area contributed by atoms with E-state index in [0.29, 0.717) is 5.69 Å². The van der Waals surface area contributed by atoms with Crippen molar-refractivity contribution in [2.24, 2.45) is 0 Å². The molecule has 2 amide bonds. The summed E-state index contributed by atoms with van der Waals surface area (Å²) in [5.41, 5.74) is 4.73. The predicted molar refractivity (Wildman–Crippen MR) is 180 cm³/mol. The molecule has 2 atom stereocenters. The smallest absolute Gasteiger partial charge is 0.264 e. The Kier molecular flexibility index (Phi) is 11.2. The van der Waals surface area contributed by atoms with Crippen LogP contribution in [0.1, 0.15) is 48.1 Å². The number of aryl methyl sites for hydroxylation is 2. The van der Waals surface area contributed by atoms with Crippen LogP contribution in [-0.4, -0.2) is 43.8 Å². The average Bonchev–Trinajstić information content (AvgIpc) is 3.04. The summed E-state index contributed by atoms with van der Waals surface area (Å²) >= 11 is 0. The van der Waals surface area contributed by atoms with Gasteiger partial charge in [-0.2, -0.15) is 0 Å². The second-order valence-corrected chi connectivity index (χ2v) is 13.4. The first-order valence-electron chi connectivity index (χ1n) is 15.3. The van der Waals surface area contributed by atoms with E-state index < -0.39 is 28.5 Å². The van der Waals surface area contributed by atoms with Crippen LogP contribution in [0.5, 0.6) is 0 Å². The Hall–Kier alpha value is -4.43. The van der Waals surface area contributed by atoms with Crippen LogP contribution < -0.4 is 9.62 Å². The fourth-order valence-corrected chi connectivity index (χ4v) is 6.60. The highest BCUT2D eigenvalue weighted by Crippen LogP contribution is 2.29. The van der Waals surface area contributed by atoms with E-state index in [1.54, 1.807) is 36.4 Å². The maximum absolute atomic E-state index is 14.6. The van der Waals surface area contributed by atoms with Crippen molar-refractivity contribution in [1.29, 1.82) is 0 Å². The molecule has 0 heterocycles. The first-order valence-corrected chi connectivity index (χ1v) is 16.8. The zero-order valence-corrected chi connectivity index (χ0v) is 27.6. The van der Waals surface area contributed by atoms with Gasteiger partial charge in [-0.15, -0.1) is 0 Å². The Morgan fingerprint density at radius 3 is 1.98 bits per heavy atom. The molecule has 4 aromatic rings.